The van der Waals surface area contributed by atoms with Gasteiger partial charge in [-0.1, -0.05) is 41.7 Å². The van der Waals surface area contributed by atoms with Crippen LogP contribution in [-0.4, -0.2) is 5.11 Å². The number of halogens is 3. The zero-order valence-electron chi connectivity index (χ0n) is 6.37. The monoisotopic (exact) mass is 224 g/mol. The number of rotatable bonds is 1. The number of hydrogen-bond donors (Lipinski definition) is 1. The van der Waals surface area contributed by atoms with Crippen LogP contribution in [0.1, 0.15) is 12.5 Å². The lowest BCUT2D eigenvalue weighted by Crippen LogP contribution is -1.85. The second-order valence-electron chi connectivity index (χ2n) is 2.33. The van der Waals surface area contributed by atoms with Crippen molar-refractivity contribution in [1.82, 2.24) is 0 Å². The molecular weight excluding hydrogens is 218 g/mol. The van der Waals surface area contributed by atoms with Crippen molar-refractivity contribution in [3.8, 4) is 5.75 Å². The molecule has 0 saturated heterocycles. The highest BCUT2D eigenvalue weighted by atomic mass is 35.5. The summed E-state index contributed by atoms with van der Waals surface area (Å²) in [6, 6.07) is 1.49. The molecule has 12 heavy (non-hydrogen) atoms. The van der Waals surface area contributed by atoms with Crippen LogP contribution in [0.2, 0.25) is 15.1 Å². The summed E-state index contributed by atoms with van der Waals surface area (Å²) in [6.07, 6.45) is 0.669. The first-order chi connectivity index (χ1) is 5.57. The molecule has 0 fully saturated rings. The Hall–Kier alpha value is -0.110. The van der Waals surface area contributed by atoms with E-state index in [9.17, 15) is 5.11 Å². The van der Waals surface area contributed by atoms with E-state index in [1.807, 2.05) is 6.92 Å². The number of hydrogen-bond acceptors (Lipinski definition) is 1. The van der Waals surface area contributed by atoms with Gasteiger partial charge in [0, 0.05) is 5.02 Å². The molecule has 0 unspecified atom stereocenters. The summed E-state index contributed by atoms with van der Waals surface area (Å²) >= 11 is 17.2. The van der Waals surface area contributed by atoms with Crippen molar-refractivity contribution in [1.29, 1.82) is 0 Å². The summed E-state index contributed by atoms with van der Waals surface area (Å²) in [7, 11) is 0. The first-order valence-electron chi connectivity index (χ1n) is 3.43. The van der Waals surface area contributed by atoms with Crippen LogP contribution < -0.4 is 0 Å². The molecule has 1 N–H and O–H groups in total. The smallest absolute Gasteiger partial charge is 0.153 e. The summed E-state index contributed by atoms with van der Waals surface area (Å²) in [5.41, 5.74) is 0.722. The molecule has 0 saturated carbocycles. The first-order valence-corrected chi connectivity index (χ1v) is 4.56. The Morgan fingerprint density at radius 3 is 2.33 bits per heavy atom. The van der Waals surface area contributed by atoms with Crippen LogP contribution >= 0.6 is 34.8 Å². The average Bonchev–Trinajstić information content (AvgIpc) is 2.01. The van der Waals surface area contributed by atoms with E-state index in [2.05, 4.69) is 0 Å². The molecule has 4 heteroatoms. The predicted octanol–water partition coefficient (Wildman–Crippen LogP) is 3.91. The van der Waals surface area contributed by atoms with E-state index in [1.54, 1.807) is 0 Å². The second-order valence-corrected chi connectivity index (χ2v) is 3.53. The maximum Gasteiger partial charge on any atom is 0.153 e. The standard InChI is InChI=1S/C8H7Cl3O/c1-2-4-5(9)3-6(10)8(12)7(4)11/h3,12H,2H2,1H3. The van der Waals surface area contributed by atoms with E-state index in [-0.39, 0.29) is 15.8 Å². The fraction of sp³-hybridized carbons (Fsp3) is 0.250. The number of benzene rings is 1. The molecule has 0 bridgehead atoms. The third kappa shape index (κ3) is 1.63. The highest BCUT2D eigenvalue weighted by molar-refractivity contribution is 6.41. The van der Waals surface area contributed by atoms with E-state index in [1.165, 1.54) is 6.07 Å². The number of phenolic OH excluding ortho intramolecular Hbond substituents is 1. The van der Waals surface area contributed by atoms with Gasteiger partial charge in [-0.05, 0) is 18.1 Å². The molecule has 0 aliphatic rings. The van der Waals surface area contributed by atoms with Gasteiger partial charge in [-0.3, -0.25) is 0 Å². The molecule has 1 rings (SSSR count). The van der Waals surface area contributed by atoms with Crippen LogP contribution in [0, 0.1) is 0 Å². The van der Waals surface area contributed by atoms with Crippen molar-refractivity contribution in [2.24, 2.45) is 0 Å². The highest BCUT2D eigenvalue weighted by Gasteiger charge is 2.12. The highest BCUT2D eigenvalue weighted by Crippen LogP contribution is 2.38. The fourth-order valence-electron chi connectivity index (χ4n) is 0.943. The van der Waals surface area contributed by atoms with Crippen LogP contribution in [-0.2, 0) is 6.42 Å². The fourth-order valence-corrected chi connectivity index (χ4v) is 1.97. The minimum Gasteiger partial charge on any atom is -0.505 e. The lowest BCUT2D eigenvalue weighted by Gasteiger charge is -2.07. The quantitative estimate of drug-likeness (QED) is 0.768. The van der Waals surface area contributed by atoms with E-state index in [0.29, 0.717) is 11.4 Å². The molecular formula is C8H7Cl3O. The van der Waals surface area contributed by atoms with Gasteiger partial charge in [-0.2, -0.15) is 0 Å². The van der Waals surface area contributed by atoms with E-state index in [0.717, 1.165) is 5.56 Å². The lowest BCUT2D eigenvalue weighted by molar-refractivity contribution is 0.475. The third-order valence-electron chi connectivity index (χ3n) is 1.59. The Morgan fingerprint density at radius 2 is 1.83 bits per heavy atom. The van der Waals surface area contributed by atoms with E-state index in [4.69, 9.17) is 34.8 Å². The van der Waals surface area contributed by atoms with Crippen molar-refractivity contribution in [3.05, 3.63) is 26.7 Å². The molecule has 0 aromatic heterocycles. The predicted molar refractivity (Wildman–Crippen MR) is 52.5 cm³/mol. The lowest BCUT2D eigenvalue weighted by atomic mass is 10.1. The molecule has 0 aliphatic carbocycles. The summed E-state index contributed by atoms with van der Waals surface area (Å²) in [5, 5.41) is 10.2. The zero-order valence-corrected chi connectivity index (χ0v) is 8.63. The Kier molecular flexibility index (Phi) is 3.10. The summed E-state index contributed by atoms with van der Waals surface area (Å²) in [5.74, 6) is -0.0976. The topological polar surface area (TPSA) is 20.2 Å². The summed E-state index contributed by atoms with van der Waals surface area (Å²) in [6.45, 7) is 1.90. The molecule has 0 atom stereocenters. The van der Waals surface area contributed by atoms with E-state index >= 15 is 0 Å². The van der Waals surface area contributed by atoms with Gasteiger partial charge in [0.05, 0.1) is 10.0 Å². The van der Waals surface area contributed by atoms with Crippen LogP contribution in [0.4, 0.5) is 0 Å². The Morgan fingerprint density at radius 1 is 1.25 bits per heavy atom. The Labute approximate surface area is 85.9 Å². The maximum atomic E-state index is 9.32. The van der Waals surface area contributed by atoms with Gasteiger partial charge < -0.3 is 5.11 Å². The SMILES string of the molecule is CCc1c(Cl)cc(Cl)c(O)c1Cl. The molecule has 1 nitrogen and oxygen atoms in total. The van der Waals surface area contributed by atoms with Gasteiger partial charge in [-0.15, -0.1) is 0 Å². The molecule has 66 valence electrons. The first kappa shape index (κ1) is 9.97. The second kappa shape index (κ2) is 3.73. The van der Waals surface area contributed by atoms with Crippen molar-refractivity contribution < 1.29 is 5.11 Å². The van der Waals surface area contributed by atoms with Crippen LogP contribution in [0.15, 0.2) is 6.07 Å². The average molecular weight is 226 g/mol. The zero-order chi connectivity index (χ0) is 9.30. The molecule has 0 amide bonds. The normalized spacial score (nSPS) is 10.3. The molecule has 0 radical (unpaired) electrons. The number of aromatic hydroxyl groups is 1. The van der Waals surface area contributed by atoms with Crippen LogP contribution in [0.5, 0.6) is 5.75 Å². The molecule has 0 spiro atoms. The molecule has 0 heterocycles. The van der Waals surface area contributed by atoms with Crippen molar-refractivity contribution in [2.45, 2.75) is 13.3 Å². The number of phenols is 1. The van der Waals surface area contributed by atoms with E-state index < -0.39 is 0 Å². The minimum absolute atomic E-state index is 0.0976. The minimum atomic E-state index is -0.0976. The van der Waals surface area contributed by atoms with Crippen LogP contribution in [0.3, 0.4) is 0 Å². The van der Waals surface area contributed by atoms with Gasteiger partial charge in [-0.25, -0.2) is 0 Å². The van der Waals surface area contributed by atoms with Crippen molar-refractivity contribution in [3.63, 3.8) is 0 Å². The van der Waals surface area contributed by atoms with Gasteiger partial charge in [0.2, 0.25) is 0 Å². The van der Waals surface area contributed by atoms with Crippen molar-refractivity contribution in [2.75, 3.05) is 0 Å². The Bertz CT molecular complexity index is 310. The van der Waals surface area contributed by atoms with Gasteiger partial charge >= 0.3 is 0 Å². The van der Waals surface area contributed by atoms with Crippen LogP contribution in [0.25, 0.3) is 0 Å². The molecule has 1 aromatic carbocycles. The van der Waals surface area contributed by atoms with Gasteiger partial charge in [0.15, 0.2) is 5.75 Å². The largest absolute Gasteiger partial charge is 0.505 e. The van der Waals surface area contributed by atoms with Gasteiger partial charge in [0.1, 0.15) is 0 Å². The maximum absolute atomic E-state index is 9.32. The third-order valence-corrected chi connectivity index (χ3v) is 2.63. The Balaban J connectivity index is 3.40. The molecule has 1 aromatic rings. The van der Waals surface area contributed by atoms with Gasteiger partial charge in [0.25, 0.3) is 0 Å². The van der Waals surface area contributed by atoms with Crippen molar-refractivity contribution >= 4 is 34.8 Å². The summed E-state index contributed by atoms with van der Waals surface area (Å²) < 4.78 is 0. The molecule has 0 aliphatic heterocycles. The summed E-state index contributed by atoms with van der Waals surface area (Å²) in [4.78, 5) is 0.